The van der Waals surface area contributed by atoms with Crippen molar-refractivity contribution in [3.8, 4) is 5.75 Å². The van der Waals surface area contributed by atoms with E-state index in [1.807, 2.05) is 24.3 Å². The van der Waals surface area contributed by atoms with E-state index in [0.717, 1.165) is 30.6 Å². The molecule has 5 heteroatoms. The summed E-state index contributed by atoms with van der Waals surface area (Å²) in [4.78, 5) is 2.11. The molecule has 1 aromatic rings. The number of methoxy groups -OCH3 is 1. The summed E-state index contributed by atoms with van der Waals surface area (Å²) < 4.78 is 5.20. The van der Waals surface area contributed by atoms with E-state index in [4.69, 9.17) is 4.74 Å². The van der Waals surface area contributed by atoms with Crippen LogP contribution < -0.4 is 4.74 Å². The number of aliphatic hydroxyl groups is 3. The summed E-state index contributed by atoms with van der Waals surface area (Å²) in [5.74, 6) is 0.813. The molecular formula is C22H37NO4. The first kappa shape index (κ1) is 22.2. The van der Waals surface area contributed by atoms with E-state index < -0.39 is 18.3 Å². The van der Waals surface area contributed by atoms with Crippen molar-refractivity contribution in [2.24, 2.45) is 0 Å². The van der Waals surface area contributed by atoms with Crippen LogP contribution in [0.3, 0.4) is 0 Å². The van der Waals surface area contributed by atoms with Crippen LogP contribution >= 0.6 is 0 Å². The molecule has 1 fully saturated rings. The molecule has 1 heterocycles. The Labute approximate surface area is 164 Å². The highest BCUT2D eigenvalue weighted by Crippen LogP contribution is 2.26. The van der Waals surface area contributed by atoms with E-state index in [0.29, 0.717) is 13.1 Å². The number of nitrogens with zero attached hydrogens (tertiary/aromatic N) is 1. The van der Waals surface area contributed by atoms with Crippen LogP contribution in [0.2, 0.25) is 0 Å². The molecule has 1 aliphatic heterocycles. The van der Waals surface area contributed by atoms with Crippen molar-refractivity contribution in [3.05, 3.63) is 29.8 Å². The molecule has 0 aliphatic carbocycles. The SMILES string of the molecule is CCCCCCCCCC1C(O)C(O)C(O)CN1Cc1ccc(OC)cc1. The van der Waals surface area contributed by atoms with Crippen molar-refractivity contribution >= 4 is 0 Å². The van der Waals surface area contributed by atoms with Gasteiger partial charge in [0.05, 0.1) is 19.3 Å². The first-order chi connectivity index (χ1) is 13.1. The number of ether oxygens (including phenoxy) is 1. The summed E-state index contributed by atoms with van der Waals surface area (Å²) in [6, 6.07) is 7.74. The van der Waals surface area contributed by atoms with Gasteiger partial charge in [-0.25, -0.2) is 0 Å². The monoisotopic (exact) mass is 379 g/mol. The number of likely N-dealkylation sites (tertiary alicyclic amines) is 1. The van der Waals surface area contributed by atoms with Gasteiger partial charge in [-0.05, 0) is 24.1 Å². The topological polar surface area (TPSA) is 73.2 Å². The van der Waals surface area contributed by atoms with Crippen LogP contribution in [-0.2, 0) is 6.54 Å². The standard InChI is InChI=1S/C22H37NO4/c1-3-4-5-6-7-8-9-10-19-21(25)22(26)20(24)16-23(19)15-17-11-13-18(27-2)14-12-17/h11-14,19-22,24-26H,3-10,15-16H2,1-2H3. The molecule has 27 heavy (non-hydrogen) atoms. The number of rotatable bonds is 11. The minimum Gasteiger partial charge on any atom is -0.497 e. The zero-order valence-corrected chi connectivity index (χ0v) is 16.9. The van der Waals surface area contributed by atoms with E-state index in [1.54, 1.807) is 7.11 Å². The summed E-state index contributed by atoms with van der Waals surface area (Å²) in [5, 5.41) is 30.8. The lowest BCUT2D eigenvalue weighted by atomic mass is 9.89. The highest BCUT2D eigenvalue weighted by Gasteiger charge is 2.40. The summed E-state index contributed by atoms with van der Waals surface area (Å²) in [6.45, 7) is 3.25. The molecule has 0 radical (unpaired) electrons. The molecule has 4 atom stereocenters. The number of benzene rings is 1. The van der Waals surface area contributed by atoms with Gasteiger partial charge in [0, 0.05) is 19.1 Å². The van der Waals surface area contributed by atoms with Gasteiger partial charge in [0.1, 0.15) is 11.9 Å². The second-order valence-corrected chi connectivity index (χ2v) is 7.80. The Morgan fingerprint density at radius 1 is 0.926 bits per heavy atom. The van der Waals surface area contributed by atoms with Crippen LogP contribution in [0.25, 0.3) is 0 Å². The molecule has 0 aromatic heterocycles. The predicted octanol–water partition coefficient (Wildman–Crippen LogP) is 3.10. The second kappa shape index (κ2) is 11.6. The number of unbranched alkanes of at least 4 members (excludes halogenated alkanes) is 6. The second-order valence-electron chi connectivity index (χ2n) is 7.80. The fourth-order valence-electron chi connectivity index (χ4n) is 3.97. The number of hydrogen-bond acceptors (Lipinski definition) is 5. The zero-order valence-electron chi connectivity index (χ0n) is 16.9. The van der Waals surface area contributed by atoms with Crippen LogP contribution in [0.5, 0.6) is 5.75 Å². The van der Waals surface area contributed by atoms with Crippen LogP contribution in [0.1, 0.15) is 63.9 Å². The number of β-amino-alcohol motifs (C(OH)–C–C–N with tert-alkyl or cyclic N) is 1. The summed E-state index contributed by atoms with van der Waals surface area (Å²) in [5.41, 5.74) is 1.11. The van der Waals surface area contributed by atoms with E-state index in [2.05, 4.69) is 11.8 Å². The third-order valence-corrected chi connectivity index (χ3v) is 5.68. The molecule has 0 bridgehead atoms. The highest BCUT2D eigenvalue weighted by atomic mass is 16.5. The van der Waals surface area contributed by atoms with Gasteiger partial charge in [0.25, 0.3) is 0 Å². The third-order valence-electron chi connectivity index (χ3n) is 5.68. The molecule has 0 amide bonds. The molecular weight excluding hydrogens is 342 g/mol. The average molecular weight is 380 g/mol. The Morgan fingerprint density at radius 2 is 1.56 bits per heavy atom. The third kappa shape index (κ3) is 6.75. The quantitative estimate of drug-likeness (QED) is 0.515. The molecule has 1 aliphatic rings. The van der Waals surface area contributed by atoms with Crippen LogP contribution in [0.15, 0.2) is 24.3 Å². The molecule has 154 valence electrons. The molecule has 3 N–H and O–H groups in total. The average Bonchev–Trinajstić information content (AvgIpc) is 2.68. The van der Waals surface area contributed by atoms with E-state index in [-0.39, 0.29) is 6.04 Å². The molecule has 2 rings (SSSR count). The molecule has 4 unspecified atom stereocenters. The summed E-state index contributed by atoms with van der Waals surface area (Å²) in [7, 11) is 1.64. The van der Waals surface area contributed by atoms with Crippen molar-refractivity contribution in [2.75, 3.05) is 13.7 Å². The minimum absolute atomic E-state index is 0.124. The number of piperidine rings is 1. The number of aliphatic hydroxyl groups excluding tert-OH is 3. The Bertz CT molecular complexity index is 522. The zero-order chi connectivity index (χ0) is 19.6. The lowest BCUT2D eigenvalue weighted by molar-refractivity contribution is -0.140. The normalized spacial score (nSPS) is 26.3. The van der Waals surface area contributed by atoms with Gasteiger partial charge in [0.2, 0.25) is 0 Å². The lowest BCUT2D eigenvalue weighted by Gasteiger charge is -2.44. The van der Waals surface area contributed by atoms with Gasteiger partial charge in [-0.1, -0.05) is 64.0 Å². The largest absolute Gasteiger partial charge is 0.497 e. The Hall–Kier alpha value is -1.14. The van der Waals surface area contributed by atoms with Crippen molar-refractivity contribution in [3.63, 3.8) is 0 Å². The summed E-state index contributed by atoms with van der Waals surface area (Å²) in [6.07, 6.45) is 6.52. The first-order valence-corrected chi connectivity index (χ1v) is 10.5. The van der Waals surface area contributed by atoms with E-state index >= 15 is 0 Å². The van der Waals surface area contributed by atoms with Crippen LogP contribution in [-0.4, -0.2) is 58.2 Å². The molecule has 5 nitrogen and oxygen atoms in total. The number of hydrogen-bond donors (Lipinski definition) is 3. The van der Waals surface area contributed by atoms with Gasteiger partial charge in [-0.15, -0.1) is 0 Å². The summed E-state index contributed by atoms with van der Waals surface area (Å²) >= 11 is 0. The molecule has 0 spiro atoms. The van der Waals surface area contributed by atoms with Gasteiger partial charge in [-0.3, -0.25) is 4.90 Å². The first-order valence-electron chi connectivity index (χ1n) is 10.5. The maximum Gasteiger partial charge on any atom is 0.118 e. The molecule has 1 saturated heterocycles. The highest BCUT2D eigenvalue weighted by molar-refractivity contribution is 5.27. The fourth-order valence-corrected chi connectivity index (χ4v) is 3.97. The van der Waals surface area contributed by atoms with Crippen LogP contribution in [0, 0.1) is 0 Å². The fraction of sp³-hybridized carbons (Fsp3) is 0.727. The van der Waals surface area contributed by atoms with Crippen LogP contribution in [0.4, 0.5) is 0 Å². The Kier molecular flexibility index (Phi) is 9.56. The van der Waals surface area contributed by atoms with E-state index in [1.165, 1.54) is 32.1 Å². The lowest BCUT2D eigenvalue weighted by Crippen LogP contribution is -2.60. The Balaban J connectivity index is 1.90. The van der Waals surface area contributed by atoms with Gasteiger partial charge >= 0.3 is 0 Å². The molecule has 1 aromatic carbocycles. The van der Waals surface area contributed by atoms with Gasteiger partial charge in [-0.2, -0.15) is 0 Å². The Morgan fingerprint density at radius 3 is 2.19 bits per heavy atom. The van der Waals surface area contributed by atoms with E-state index in [9.17, 15) is 15.3 Å². The predicted molar refractivity (Wildman–Crippen MR) is 108 cm³/mol. The van der Waals surface area contributed by atoms with Crippen molar-refractivity contribution < 1.29 is 20.1 Å². The molecule has 0 saturated carbocycles. The van der Waals surface area contributed by atoms with Crippen molar-refractivity contribution in [1.82, 2.24) is 4.90 Å². The van der Waals surface area contributed by atoms with Crippen molar-refractivity contribution in [2.45, 2.75) is 89.2 Å². The smallest absolute Gasteiger partial charge is 0.118 e. The minimum atomic E-state index is -1.06. The maximum absolute atomic E-state index is 10.5. The maximum atomic E-state index is 10.5. The van der Waals surface area contributed by atoms with Gasteiger partial charge in [0.15, 0.2) is 0 Å². The van der Waals surface area contributed by atoms with Crippen molar-refractivity contribution in [1.29, 1.82) is 0 Å². The van der Waals surface area contributed by atoms with Gasteiger partial charge < -0.3 is 20.1 Å².